The van der Waals surface area contributed by atoms with Crippen molar-refractivity contribution in [2.75, 3.05) is 11.5 Å². The Hall–Kier alpha value is -1.96. The Bertz CT molecular complexity index is 676. The van der Waals surface area contributed by atoms with Crippen LogP contribution in [0.1, 0.15) is 60.8 Å². The average molecular weight is 464 g/mol. The molecule has 0 heterocycles. The van der Waals surface area contributed by atoms with Crippen LogP contribution >= 0.6 is 11.8 Å². The zero-order valence-corrected chi connectivity index (χ0v) is 18.8. The highest BCUT2D eigenvalue weighted by atomic mass is 32.2. The highest BCUT2D eigenvalue weighted by Crippen LogP contribution is 2.16. The Morgan fingerprint density at radius 2 is 1.55 bits per heavy atom. The van der Waals surface area contributed by atoms with Crippen molar-refractivity contribution >= 4 is 23.6 Å². The molecule has 0 bridgehead atoms. The molecule has 0 aromatic rings. The number of carbonyl (C=O) groups excluding carboxylic acids is 1. The van der Waals surface area contributed by atoms with Gasteiger partial charge in [0.2, 0.25) is 5.91 Å². The van der Waals surface area contributed by atoms with Gasteiger partial charge in [-0.3, -0.25) is 4.79 Å². The van der Waals surface area contributed by atoms with E-state index in [0.717, 1.165) is 25.7 Å². The van der Waals surface area contributed by atoms with Crippen LogP contribution < -0.4 is 5.32 Å². The van der Waals surface area contributed by atoms with E-state index in [9.17, 15) is 22.8 Å². The minimum atomic E-state index is -4.62. The fraction of sp³-hybridized carbons (Fsp3) is 0.565. The molecule has 1 amide bonds. The first kappa shape index (κ1) is 31.2. The van der Waals surface area contributed by atoms with Crippen molar-refractivity contribution in [3.8, 4) is 0 Å². The molecule has 0 radical (unpaired) electrons. The van der Waals surface area contributed by atoms with Crippen LogP contribution in [-0.4, -0.2) is 40.7 Å². The minimum absolute atomic E-state index is 0. The van der Waals surface area contributed by atoms with Crippen LogP contribution in [0.5, 0.6) is 0 Å². The van der Waals surface area contributed by atoms with Crippen LogP contribution in [0.25, 0.3) is 0 Å². The van der Waals surface area contributed by atoms with E-state index < -0.39 is 24.1 Å². The van der Waals surface area contributed by atoms with Crippen molar-refractivity contribution in [1.29, 1.82) is 0 Å². The Labute approximate surface area is 188 Å². The van der Waals surface area contributed by atoms with Crippen molar-refractivity contribution in [2.24, 2.45) is 0 Å². The van der Waals surface area contributed by atoms with Gasteiger partial charge in [0.05, 0.1) is 0 Å². The molecule has 2 N–H and O–H groups in total. The van der Waals surface area contributed by atoms with Crippen LogP contribution in [0.2, 0.25) is 0 Å². The third kappa shape index (κ3) is 19.7. The molecule has 0 aliphatic heterocycles. The first-order chi connectivity index (χ1) is 13.9. The molecule has 178 valence electrons. The Morgan fingerprint density at radius 3 is 2.06 bits per heavy atom. The summed E-state index contributed by atoms with van der Waals surface area (Å²) in [5.74, 6) is -1.74. The number of carboxylic acid groups (broad SMARTS) is 1. The van der Waals surface area contributed by atoms with E-state index >= 15 is 0 Å². The third-order valence-electron chi connectivity index (χ3n) is 4.00. The summed E-state index contributed by atoms with van der Waals surface area (Å²) in [7, 11) is 0. The van der Waals surface area contributed by atoms with E-state index in [-0.39, 0.29) is 19.3 Å². The van der Waals surface area contributed by atoms with Crippen molar-refractivity contribution in [2.45, 2.75) is 73.0 Å². The van der Waals surface area contributed by atoms with E-state index in [4.69, 9.17) is 5.11 Å². The molecule has 1 atom stereocenters. The first-order valence-electron chi connectivity index (χ1n) is 9.72. The molecule has 31 heavy (non-hydrogen) atoms. The second-order valence-electron chi connectivity index (χ2n) is 7.27. The van der Waals surface area contributed by atoms with Crippen molar-refractivity contribution in [3.05, 3.63) is 47.1 Å². The number of halogens is 3. The zero-order chi connectivity index (χ0) is 23.2. The number of alkyl halides is 3. The molecular weight excluding hydrogens is 427 g/mol. The molecule has 0 aliphatic rings. The van der Waals surface area contributed by atoms with Crippen LogP contribution in [0.3, 0.4) is 0 Å². The number of allylic oxidation sites excluding steroid dienone is 6. The molecule has 0 unspecified atom stereocenters. The van der Waals surface area contributed by atoms with Crippen LogP contribution in [0.4, 0.5) is 13.2 Å². The summed E-state index contributed by atoms with van der Waals surface area (Å²) < 4.78 is 36.2. The summed E-state index contributed by atoms with van der Waals surface area (Å²) in [6.45, 7) is 8.30. The maximum atomic E-state index is 12.1. The van der Waals surface area contributed by atoms with Crippen molar-refractivity contribution in [3.63, 3.8) is 0 Å². The number of amides is 1. The topological polar surface area (TPSA) is 66.4 Å². The van der Waals surface area contributed by atoms with E-state index in [1.807, 2.05) is 13.0 Å². The lowest BCUT2D eigenvalue weighted by atomic mass is 10.1. The summed E-state index contributed by atoms with van der Waals surface area (Å²) in [6.07, 6.45) is 5.83. The summed E-state index contributed by atoms with van der Waals surface area (Å²) >= 11 is 1.30. The number of rotatable bonds is 13. The second-order valence-corrected chi connectivity index (χ2v) is 8.35. The summed E-state index contributed by atoms with van der Waals surface area (Å²) in [5.41, 5.74) is 3.86. The number of thioether (sulfide) groups is 1. The van der Waals surface area contributed by atoms with Gasteiger partial charge in [0, 0.05) is 23.7 Å². The molecule has 8 heteroatoms. The number of hydrogen-bond donors (Lipinski definition) is 2. The molecule has 4 nitrogen and oxygen atoms in total. The minimum Gasteiger partial charge on any atom is -0.480 e. The number of carboxylic acids is 1. The molecule has 0 fully saturated rings. The molecular formula is C23H36F3NO3S. The molecule has 0 aromatic carbocycles. The molecule has 0 spiro atoms. The predicted octanol–water partition coefficient (Wildman–Crippen LogP) is 6.46. The smallest absolute Gasteiger partial charge is 0.409 e. The Morgan fingerprint density at radius 1 is 1.00 bits per heavy atom. The van der Waals surface area contributed by atoms with Crippen LogP contribution in [-0.2, 0) is 9.59 Å². The maximum absolute atomic E-state index is 12.1. The van der Waals surface area contributed by atoms with Crippen LogP contribution in [0.15, 0.2) is 47.1 Å². The highest BCUT2D eigenvalue weighted by Gasteiger charge is 2.24. The second kappa shape index (κ2) is 16.7. The molecule has 0 saturated carbocycles. The lowest BCUT2D eigenvalue weighted by Gasteiger charge is -2.12. The average Bonchev–Trinajstić information content (AvgIpc) is 2.61. The van der Waals surface area contributed by atoms with Gasteiger partial charge in [0.25, 0.3) is 0 Å². The normalized spacial score (nSPS) is 13.5. The lowest BCUT2D eigenvalue weighted by Crippen LogP contribution is -2.42. The van der Waals surface area contributed by atoms with Crippen molar-refractivity contribution < 1.29 is 27.9 Å². The Kier molecular flexibility index (Phi) is 16.8. The van der Waals surface area contributed by atoms with Gasteiger partial charge >= 0.3 is 12.1 Å². The van der Waals surface area contributed by atoms with Gasteiger partial charge in [0.15, 0.2) is 0 Å². The summed E-state index contributed by atoms with van der Waals surface area (Å²) in [5, 5.41) is 11.2. The maximum Gasteiger partial charge on any atom is 0.409 e. The Balaban J connectivity index is 0. The van der Waals surface area contributed by atoms with Gasteiger partial charge in [-0.2, -0.15) is 24.9 Å². The van der Waals surface area contributed by atoms with Crippen molar-refractivity contribution in [1.82, 2.24) is 5.32 Å². The first-order valence-corrected chi connectivity index (χ1v) is 10.9. The summed E-state index contributed by atoms with van der Waals surface area (Å²) in [4.78, 5) is 22.6. The van der Waals surface area contributed by atoms with Gasteiger partial charge in [-0.25, -0.2) is 4.79 Å². The number of aliphatic carboxylic acids is 1. The fourth-order valence-electron chi connectivity index (χ4n) is 2.29. The molecule has 0 aliphatic carbocycles. The standard InChI is InChI=1S/C22H32F3NO3S.CH4/c1-16(2)7-5-8-17(3)9-6-10-18(4)12-14-30-15-19(21(28)29)26-20(27)11-13-22(23,24)25;/h7,9,11-13,19H,5-6,8,10,14-15H2,1-4H3,(H,26,27)(H,28,29);1H4/b13-11+,17-9+,18-12+;/t19-;/m0./s1. The SMILES string of the molecule is C.CC(C)=CCC/C(C)=C/CC/C(C)=C/CSC[C@H](NC(=O)/C=C/C(F)(F)F)C(=O)O. The molecule has 0 aromatic heterocycles. The monoisotopic (exact) mass is 463 g/mol. The lowest BCUT2D eigenvalue weighted by molar-refractivity contribution is -0.140. The fourth-order valence-corrected chi connectivity index (χ4v) is 3.29. The third-order valence-corrected chi connectivity index (χ3v) is 4.97. The number of hydrogen-bond acceptors (Lipinski definition) is 3. The van der Waals surface area contributed by atoms with E-state index in [1.54, 1.807) is 0 Å². The van der Waals surface area contributed by atoms with Gasteiger partial charge in [-0.1, -0.05) is 42.4 Å². The largest absolute Gasteiger partial charge is 0.480 e. The quantitative estimate of drug-likeness (QED) is 0.187. The van der Waals surface area contributed by atoms with E-state index in [2.05, 4.69) is 38.2 Å². The van der Waals surface area contributed by atoms with E-state index in [0.29, 0.717) is 11.8 Å². The van der Waals surface area contributed by atoms with E-state index in [1.165, 1.54) is 28.5 Å². The zero-order valence-electron chi connectivity index (χ0n) is 18.0. The summed E-state index contributed by atoms with van der Waals surface area (Å²) in [6, 6.07) is -1.25. The number of carbonyl (C=O) groups is 2. The molecule has 0 rings (SSSR count). The highest BCUT2D eigenvalue weighted by molar-refractivity contribution is 7.99. The molecule has 0 saturated heterocycles. The van der Waals surface area contributed by atoms with Gasteiger partial charge in [0.1, 0.15) is 6.04 Å². The van der Waals surface area contributed by atoms with Gasteiger partial charge in [-0.05, 0) is 53.4 Å². The van der Waals surface area contributed by atoms with Crippen LogP contribution in [0, 0.1) is 0 Å². The predicted molar refractivity (Wildman–Crippen MR) is 124 cm³/mol. The van der Waals surface area contributed by atoms with Gasteiger partial charge in [-0.15, -0.1) is 0 Å². The van der Waals surface area contributed by atoms with Gasteiger partial charge < -0.3 is 10.4 Å². The number of nitrogens with one attached hydrogen (secondary N) is 1.